The summed E-state index contributed by atoms with van der Waals surface area (Å²) in [6.07, 6.45) is 2.75. The quantitative estimate of drug-likeness (QED) is 0.397. The van der Waals surface area contributed by atoms with Crippen LogP contribution in [0.25, 0.3) is 0 Å². The number of hydrogen-bond donors (Lipinski definition) is 3. The summed E-state index contributed by atoms with van der Waals surface area (Å²) in [6.45, 7) is 6.65. The topological polar surface area (TPSA) is 99.7 Å². The summed E-state index contributed by atoms with van der Waals surface area (Å²) in [7, 11) is 0. The normalized spacial score (nSPS) is 18.6. The molecule has 1 aromatic heterocycles. The second kappa shape index (κ2) is 12.9. The van der Waals surface area contributed by atoms with Crippen LogP contribution in [0.15, 0.2) is 59.7 Å². The molecule has 2 aliphatic heterocycles. The number of hydrogen-bond acceptors (Lipinski definition) is 7. The molecular weight excluding hydrogens is 480 g/mol. The van der Waals surface area contributed by atoms with Crippen LogP contribution in [0.4, 0.5) is 0 Å². The molecule has 3 aromatic rings. The Morgan fingerprint density at radius 1 is 1.03 bits per heavy atom. The molecule has 0 saturated carbocycles. The Kier molecular flexibility index (Phi) is 8.84. The number of rotatable bonds is 8. The largest absolute Gasteiger partial charge is 0.502 e. The molecule has 1 unspecified atom stereocenters. The molecule has 2 aromatic carbocycles. The highest BCUT2D eigenvalue weighted by atomic mass is 16.5. The molecular formula is C30H34N4O4. The number of morpholine rings is 1. The molecule has 198 valence electrons. The van der Waals surface area contributed by atoms with Crippen LogP contribution in [0.1, 0.15) is 40.3 Å². The van der Waals surface area contributed by atoms with E-state index >= 15 is 0 Å². The van der Waals surface area contributed by atoms with Crippen molar-refractivity contribution in [1.29, 1.82) is 0 Å². The fourth-order valence-electron chi connectivity index (χ4n) is 4.82. The van der Waals surface area contributed by atoms with E-state index in [4.69, 9.17) is 9.47 Å². The van der Waals surface area contributed by atoms with Gasteiger partial charge in [0.2, 0.25) is 5.75 Å². The van der Waals surface area contributed by atoms with Crippen molar-refractivity contribution in [3.8, 4) is 17.6 Å². The standard InChI is InChI=1S/C30H34N4O4/c35-29-28(32-21-33-30(29)36)17-26(18-31-27-11-14-38-20-27)25-9-7-23(8-10-25)2-1-22-3-5-24(6-4-22)19-34-12-15-37-16-13-34/h3-10,21,26-27,31,35H,11-20H2,(H,32,33,36)/t26?,27-/m0/s1. The van der Waals surface area contributed by atoms with E-state index in [-0.39, 0.29) is 11.7 Å². The van der Waals surface area contributed by atoms with Crippen molar-refractivity contribution in [1.82, 2.24) is 20.2 Å². The summed E-state index contributed by atoms with van der Waals surface area (Å²) < 4.78 is 10.9. The molecule has 2 saturated heterocycles. The van der Waals surface area contributed by atoms with Crippen molar-refractivity contribution in [2.75, 3.05) is 46.1 Å². The van der Waals surface area contributed by atoms with Gasteiger partial charge in [-0.2, -0.15) is 0 Å². The molecule has 0 spiro atoms. The zero-order chi connectivity index (χ0) is 26.2. The Bertz CT molecular complexity index is 1300. The highest BCUT2D eigenvalue weighted by Gasteiger charge is 2.21. The van der Waals surface area contributed by atoms with Gasteiger partial charge in [0.25, 0.3) is 5.56 Å². The molecule has 3 N–H and O–H groups in total. The van der Waals surface area contributed by atoms with Crippen molar-refractivity contribution in [2.24, 2.45) is 0 Å². The Hall–Kier alpha value is -3.48. The Labute approximate surface area is 223 Å². The monoisotopic (exact) mass is 514 g/mol. The van der Waals surface area contributed by atoms with E-state index in [1.165, 1.54) is 11.9 Å². The first-order chi connectivity index (χ1) is 18.6. The van der Waals surface area contributed by atoms with Crippen molar-refractivity contribution in [3.05, 3.63) is 93.2 Å². The van der Waals surface area contributed by atoms with E-state index in [9.17, 15) is 9.90 Å². The highest BCUT2D eigenvalue weighted by molar-refractivity contribution is 5.44. The Morgan fingerprint density at radius 3 is 2.42 bits per heavy atom. The summed E-state index contributed by atoms with van der Waals surface area (Å²) in [4.78, 5) is 20.9. The number of benzene rings is 2. The summed E-state index contributed by atoms with van der Waals surface area (Å²) >= 11 is 0. The van der Waals surface area contributed by atoms with Crippen LogP contribution in [0.2, 0.25) is 0 Å². The molecule has 0 bridgehead atoms. The molecule has 0 aliphatic carbocycles. The van der Waals surface area contributed by atoms with Gasteiger partial charge in [-0.1, -0.05) is 36.1 Å². The lowest BCUT2D eigenvalue weighted by Crippen LogP contribution is -2.35. The van der Waals surface area contributed by atoms with Crippen LogP contribution in [0.5, 0.6) is 5.75 Å². The van der Waals surface area contributed by atoms with Gasteiger partial charge in [0.1, 0.15) is 0 Å². The van der Waals surface area contributed by atoms with Crippen LogP contribution >= 0.6 is 0 Å². The van der Waals surface area contributed by atoms with Gasteiger partial charge in [-0.3, -0.25) is 9.69 Å². The summed E-state index contributed by atoms with van der Waals surface area (Å²) in [6, 6.07) is 16.9. The predicted molar refractivity (Wildman–Crippen MR) is 145 cm³/mol. The van der Waals surface area contributed by atoms with Crippen LogP contribution < -0.4 is 10.9 Å². The van der Waals surface area contributed by atoms with Crippen molar-refractivity contribution in [3.63, 3.8) is 0 Å². The third kappa shape index (κ3) is 7.09. The second-order valence-electron chi connectivity index (χ2n) is 9.85. The maximum atomic E-state index is 11.9. The lowest BCUT2D eigenvalue weighted by molar-refractivity contribution is 0.0342. The summed E-state index contributed by atoms with van der Waals surface area (Å²) in [5, 5.41) is 13.8. The van der Waals surface area contributed by atoms with E-state index in [2.05, 4.69) is 68.4 Å². The van der Waals surface area contributed by atoms with E-state index in [1.807, 2.05) is 12.1 Å². The molecule has 2 fully saturated rings. The molecule has 2 atom stereocenters. The first-order valence-electron chi connectivity index (χ1n) is 13.2. The smallest absolute Gasteiger partial charge is 0.293 e. The second-order valence-corrected chi connectivity index (χ2v) is 9.85. The van der Waals surface area contributed by atoms with E-state index in [1.54, 1.807) is 0 Å². The molecule has 38 heavy (non-hydrogen) atoms. The lowest BCUT2D eigenvalue weighted by Gasteiger charge is -2.26. The maximum Gasteiger partial charge on any atom is 0.293 e. The van der Waals surface area contributed by atoms with Crippen LogP contribution in [0, 0.1) is 11.8 Å². The van der Waals surface area contributed by atoms with Crippen LogP contribution in [-0.4, -0.2) is 72.1 Å². The van der Waals surface area contributed by atoms with Gasteiger partial charge >= 0.3 is 0 Å². The van der Waals surface area contributed by atoms with Gasteiger partial charge in [-0.25, -0.2) is 4.98 Å². The van der Waals surface area contributed by atoms with Crippen molar-refractivity contribution < 1.29 is 14.6 Å². The molecule has 8 heteroatoms. The minimum absolute atomic E-state index is 0.0248. The third-order valence-corrected chi connectivity index (χ3v) is 7.12. The van der Waals surface area contributed by atoms with E-state index in [0.717, 1.165) is 62.6 Å². The van der Waals surface area contributed by atoms with Gasteiger partial charge in [-0.05, 0) is 41.8 Å². The SMILES string of the molecule is O=c1[nH]cnc(CC(CN[C@H]2CCOC2)c2ccc(C#Cc3ccc(CN4CCOCC4)cc3)cc2)c1O. The first kappa shape index (κ1) is 26.1. The van der Waals surface area contributed by atoms with E-state index < -0.39 is 5.56 Å². The van der Waals surface area contributed by atoms with Gasteiger partial charge in [-0.15, -0.1) is 0 Å². The van der Waals surface area contributed by atoms with Gasteiger partial charge in [0, 0.05) is 62.3 Å². The third-order valence-electron chi connectivity index (χ3n) is 7.12. The van der Waals surface area contributed by atoms with Crippen LogP contribution in [-0.2, 0) is 22.4 Å². The minimum Gasteiger partial charge on any atom is -0.502 e. The fraction of sp³-hybridized carbons (Fsp3) is 0.400. The average Bonchev–Trinajstić information content (AvgIpc) is 3.48. The molecule has 5 rings (SSSR count). The predicted octanol–water partition coefficient (Wildman–Crippen LogP) is 2.41. The van der Waals surface area contributed by atoms with Crippen molar-refractivity contribution in [2.45, 2.75) is 31.3 Å². The zero-order valence-corrected chi connectivity index (χ0v) is 21.5. The molecule has 8 nitrogen and oxygen atoms in total. The molecule has 3 heterocycles. The van der Waals surface area contributed by atoms with Crippen molar-refractivity contribution >= 4 is 0 Å². The number of H-pyrrole nitrogens is 1. The number of aromatic amines is 1. The molecule has 0 radical (unpaired) electrons. The maximum absolute atomic E-state index is 11.9. The number of ether oxygens (including phenoxy) is 2. The zero-order valence-electron chi connectivity index (χ0n) is 21.5. The number of aromatic nitrogens is 2. The number of nitrogens with zero attached hydrogens (tertiary/aromatic N) is 2. The summed E-state index contributed by atoms with van der Waals surface area (Å²) in [5.41, 5.74) is 4.16. The lowest BCUT2D eigenvalue weighted by atomic mass is 9.92. The van der Waals surface area contributed by atoms with E-state index in [0.29, 0.717) is 31.3 Å². The van der Waals surface area contributed by atoms with Gasteiger partial charge in [0.15, 0.2) is 0 Å². The first-order valence-corrected chi connectivity index (χ1v) is 13.2. The van der Waals surface area contributed by atoms with Crippen LogP contribution in [0.3, 0.4) is 0 Å². The Balaban J connectivity index is 1.25. The highest BCUT2D eigenvalue weighted by Crippen LogP contribution is 2.23. The fourth-order valence-corrected chi connectivity index (χ4v) is 4.82. The summed E-state index contributed by atoms with van der Waals surface area (Å²) in [5.74, 6) is 6.23. The van der Waals surface area contributed by atoms with Gasteiger partial charge in [0.05, 0.1) is 31.8 Å². The number of nitrogens with one attached hydrogen (secondary N) is 2. The minimum atomic E-state index is -0.523. The molecule has 0 amide bonds. The average molecular weight is 515 g/mol. The van der Waals surface area contributed by atoms with Gasteiger partial charge < -0.3 is 24.9 Å². The molecule has 2 aliphatic rings. The number of aromatic hydroxyl groups is 1. The Morgan fingerprint density at radius 2 is 1.74 bits per heavy atom.